The van der Waals surface area contributed by atoms with Gasteiger partial charge in [-0.1, -0.05) is 41.5 Å². The third-order valence-electron chi connectivity index (χ3n) is 6.39. The highest BCUT2D eigenvalue weighted by atomic mass is 32.1. The quantitative estimate of drug-likeness (QED) is 0.180. The normalized spacial score (nSPS) is 14.5. The molecule has 0 saturated carbocycles. The predicted molar refractivity (Wildman–Crippen MR) is 158 cm³/mol. The molecule has 42 heavy (non-hydrogen) atoms. The molecular formula is C31H32N2O8S. The number of para-hydroxylation sites is 2. The van der Waals surface area contributed by atoms with E-state index in [0.29, 0.717) is 55.8 Å². The standard InChI is InChI=1S/C31H32N2O8S/c1-7-15-40-27-20(11-9-13-22(27)37-5)18-24-29(34)33-26(21-12-10-14-23(38-6)28(21)39-8-2)25(19(3)32-31(33)42-24)30(35)41-17-16-36-4/h1,9-14,18,26H,8,15-17H2,2-6H3/b24-18+/t26-/m0/s1. The van der Waals surface area contributed by atoms with Crippen LogP contribution < -0.4 is 33.8 Å². The van der Waals surface area contributed by atoms with Crippen LogP contribution in [0.2, 0.25) is 0 Å². The summed E-state index contributed by atoms with van der Waals surface area (Å²) in [5.41, 5.74) is 1.40. The molecule has 0 fully saturated rings. The number of nitrogens with zero attached hydrogens (tertiary/aromatic N) is 2. The van der Waals surface area contributed by atoms with Crippen LogP contribution in [0, 0.1) is 12.3 Å². The Bertz CT molecular complexity index is 1710. The van der Waals surface area contributed by atoms with Gasteiger partial charge in [0.15, 0.2) is 27.8 Å². The Balaban J connectivity index is 1.98. The molecule has 0 unspecified atom stereocenters. The zero-order valence-electron chi connectivity index (χ0n) is 24.1. The molecule has 0 radical (unpaired) electrons. The molecule has 4 rings (SSSR count). The lowest BCUT2D eigenvalue weighted by Gasteiger charge is -2.27. The van der Waals surface area contributed by atoms with Gasteiger partial charge in [-0.05, 0) is 32.1 Å². The predicted octanol–water partition coefficient (Wildman–Crippen LogP) is 2.85. The number of benzene rings is 2. The summed E-state index contributed by atoms with van der Waals surface area (Å²) in [6.45, 7) is 4.17. The molecule has 0 bridgehead atoms. The topological polar surface area (TPSA) is 107 Å². The molecular weight excluding hydrogens is 560 g/mol. The van der Waals surface area contributed by atoms with Gasteiger partial charge in [-0.15, -0.1) is 6.42 Å². The van der Waals surface area contributed by atoms with Crippen molar-refractivity contribution in [2.24, 2.45) is 4.99 Å². The van der Waals surface area contributed by atoms with Gasteiger partial charge in [0.1, 0.15) is 19.3 Å². The number of allylic oxidation sites excluding steroid dienone is 1. The van der Waals surface area contributed by atoms with Crippen molar-refractivity contribution >= 4 is 23.4 Å². The second-order valence-electron chi connectivity index (χ2n) is 8.89. The van der Waals surface area contributed by atoms with E-state index in [1.165, 1.54) is 37.2 Å². The minimum absolute atomic E-state index is 0.0201. The van der Waals surface area contributed by atoms with E-state index in [-0.39, 0.29) is 31.0 Å². The van der Waals surface area contributed by atoms with Gasteiger partial charge in [-0.2, -0.15) is 0 Å². The highest BCUT2D eigenvalue weighted by Crippen LogP contribution is 2.41. The first-order valence-electron chi connectivity index (χ1n) is 13.1. The van der Waals surface area contributed by atoms with Crippen molar-refractivity contribution in [1.82, 2.24) is 4.57 Å². The maximum absolute atomic E-state index is 14.2. The third-order valence-corrected chi connectivity index (χ3v) is 7.37. The largest absolute Gasteiger partial charge is 0.493 e. The zero-order valence-corrected chi connectivity index (χ0v) is 24.9. The van der Waals surface area contributed by atoms with Crippen LogP contribution in [0.4, 0.5) is 0 Å². The summed E-state index contributed by atoms with van der Waals surface area (Å²) in [5.74, 6) is 3.59. The maximum Gasteiger partial charge on any atom is 0.338 e. The zero-order chi connectivity index (χ0) is 30.2. The van der Waals surface area contributed by atoms with E-state index in [4.69, 9.17) is 34.8 Å². The number of hydrogen-bond donors (Lipinski definition) is 0. The number of hydrogen-bond acceptors (Lipinski definition) is 10. The van der Waals surface area contributed by atoms with E-state index >= 15 is 0 Å². The van der Waals surface area contributed by atoms with Crippen molar-refractivity contribution in [2.75, 3.05) is 47.8 Å². The summed E-state index contributed by atoms with van der Waals surface area (Å²) in [6, 6.07) is 9.75. The second kappa shape index (κ2) is 13.9. The Labute approximate surface area is 247 Å². The minimum atomic E-state index is -0.905. The first-order chi connectivity index (χ1) is 20.4. The Morgan fingerprint density at radius 2 is 1.79 bits per heavy atom. The summed E-state index contributed by atoms with van der Waals surface area (Å²) in [4.78, 5) is 32.7. The van der Waals surface area contributed by atoms with Crippen LogP contribution in [0.3, 0.4) is 0 Å². The number of rotatable bonds is 12. The highest BCUT2D eigenvalue weighted by Gasteiger charge is 2.36. The van der Waals surface area contributed by atoms with Gasteiger partial charge in [-0.25, -0.2) is 9.79 Å². The second-order valence-corrected chi connectivity index (χ2v) is 9.90. The van der Waals surface area contributed by atoms with Gasteiger partial charge in [0.25, 0.3) is 5.56 Å². The van der Waals surface area contributed by atoms with Crippen LogP contribution in [-0.2, 0) is 14.3 Å². The van der Waals surface area contributed by atoms with Crippen LogP contribution in [-0.4, -0.2) is 58.3 Å². The first-order valence-corrected chi connectivity index (χ1v) is 13.9. The van der Waals surface area contributed by atoms with Crippen molar-refractivity contribution < 1.29 is 33.2 Å². The molecule has 0 spiro atoms. The molecule has 1 aliphatic heterocycles. The van der Waals surface area contributed by atoms with E-state index in [9.17, 15) is 9.59 Å². The summed E-state index contributed by atoms with van der Waals surface area (Å²) in [5, 5.41) is 0. The van der Waals surface area contributed by atoms with Crippen molar-refractivity contribution in [3.05, 3.63) is 78.5 Å². The fourth-order valence-corrected chi connectivity index (χ4v) is 5.63. The lowest BCUT2D eigenvalue weighted by molar-refractivity contribution is -0.140. The number of aromatic nitrogens is 1. The number of terminal acetylenes is 1. The van der Waals surface area contributed by atoms with Gasteiger partial charge < -0.3 is 28.4 Å². The van der Waals surface area contributed by atoms with Crippen LogP contribution >= 0.6 is 11.3 Å². The molecule has 0 amide bonds. The van der Waals surface area contributed by atoms with Crippen LogP contribution in [0.15, 0.2) is 57.5 Å². The lowest BCUT2D eigenvalue weighted by atomic mass is 9.94. The summed E-state index contributed by atoms with van der Waals surface area (Å²) >= 11 is 1.18. The smallest absolute Gasteiger partial charge is 0.338 e. The number of carbonyl (C=O) groups excluding carboxylic acids is 1. The molecule has 3 aromatic rings. The lowest BCUT2D eigenvalue weighted by Crippen LogP contribution is -2.40. The Hall–Kier alpha value is -4.53. The van der Waals surface area contributed by atoms with Gasteiger partial charge >= 0.3 is 5.97 Å². The molecule has 11 heteroatoms. The molecule has 220 valence electrons. The van der Waals surface area contributed by atoms with E-state index in [2.05, 4.69) is 10.9 Å². The molecule has 0 saturated heterocycles. The molecule has 2 aromatic carbocycles. The van der Waals surface area contributed by atoms with E-state index in [1.54, 1.807) is 49.4 Å². The number of fused-ring (bicyclic) bond motifs is 1. The SMILES string of the molecule is C#CCOc1c(/C=c2/sc3n(c2=O)[C@@H](c2cccc(OC)c2OCC)C(C(=O)OCCOC)=C(C)N=3)cccc1OC. The molecule has 0 aliphatic carbocycles. The molecule has 1 atom stereocenters. The monoisotopic (exact) mass is 592 g/mol. The van der Waals surface area contributed by atoms with Crippen molar-refractivity contribution in [3.63, 3.8) is 0 Å². The fourth-order valence-electron chi connectivity index (χ4n) is 4.60. The summed E-state index contributed by atoms with van der Waals surface area (Å²) in [7, 11) is 4.57. The van der Waals surface area contributed by atoms with Gasteiger partial charge in [0, 0.05) is 18.2 Å². The van der Waals surface area contributed by atoms with Crippen molar-refractivity contribution in [1.29, 1.82) is 0 Å². The number of carbonyl (C=O) groups is 1. The Morgan fingerprint density at radius 3 is 2.45 bits per heavy atom. The Kier molecular flexibility index (Phi) is 10.1. The summed E-state index contributed by atoms with van der Waals surface area (Å²) < 4.78 is 35.2. The van der Waals surface area contributed by atoms with Crippen molar-refractivity contribution in [3.8, 4) is 35.3 Å². The summed E-state index contributed by atoms with van der Waals surface area (Å²) in [6.07, 6.45) is 7.11. The van der Waals surface area contributed by atoms with Crippen LogP contribution in [0.5, 0.6) is 23.0 Å². The average Bonchev–Trinajstić information content (AvgIpc) is 3.29. The molecule has 10 nitrogen and oxygen atoms in total. The van der Waals surface area contributed by atoms with E-state index < -0.39 is 12.0 Å². The fraction of sp³-hybridized carbons (Fsp3) is 0.323. The molecule has 2 heterocycles. The van der Waals surface area contributed by atoms with E-state index in [1.807, 2.05) is 6.92 Å². The van der Waals surface area contributed by atoms with Gasteiger partial charge in [0.05, 0.1) is 43.2 Å². The number of thiazole rings is 1. The maximum atomic E-state index is 14.2. The van der Waals surface area contributed by atoms with Gasteiger partial charge in [0.2, 0.25) is 0 Å². The number of ether oxygens (including phenoxy) is 6. The molecule has 0 N–H and O–H groups in total. The first kappa shape index (κ1) is 30.4. The van der Waals surface area contributed by atoms with E-state index in [0.717, 1.165) is 0 Å². The van der Waals surface area contributed by atoms with Crippen LogP contribution in [0.1, 0.15) is 31.0 Å². The molecule has 1 aliphatic rings. The van der Waals surface area contributed by atoms with Crippen LogP contribution in [0.25, 0.3) is 6.08 Å². The average molecular weight is 593 g/mol. The minimum Gasteiger partial charge on any atom is -0.493 e. The number of esters is 1. The highest BCUT2D eigenvalue weighted by molar-refractivity contribution is 7.07. The number of methoxy groups -OCH3 is 3. The van der Waals surface area contributed by atoms with Gasteiger partial charge in [-0.3, -0.25) is 9.36 Å². The van der Waals surface area contributed by atoms with Crippen molar-refractivity contribution in [2.45, 2.75) is 19.9 Å². The third kappa shape index (κ3) is 6.05. The molecule has 1 aromatic heterocycles. The Morgan fingerprint density at radius 1 is 1.07 bits per heavy atom.